The number of carbonyl (C=O) groups excluding carboxylic acids is 1. The first-order valence-corrected chi connectivity index (χ1v) is 3.41. The molecule has 0 spiro atoms. The molecule has 0 bridgehead atoms. The standard InChI is InChI=1S/C7H12N2O/c8-6-4-2-1-3-5(6)7(9)10/h1-2,5-6H,3-4,8H2,(H2,9,10)/t5-,6+/m1/s1. The van der Waals surface area contributed by atoms with Crippen LogP contribution in [0.4, 0.5) is 0 Å². The molecule has 0 aromatic carbocycles. The topological polar surface area (TPSA) is 69.1 Å². The zero-order valence-electron chi connectivity index (χ0n) is 5.79. The Kier molecular flexibility index (Phi) is 2.06. The van der Waals surface area contributed by atoms with Crippen LogP contribution in [0.2, 0.25) is 0 Å². The Morgan fingerprint density at radius 2 is 2.00 bits per heavy atom. The molecule has 3 heteroatoms. The molecule has 0 unspecified atom stereocenters. The van der Waals surface area contributed by atoms with Crippen molar-refractivity contribution in [3.8, 4) is 0 Å². The molecule has 3 nitrogen and oxygen atoms in total. The van der Waals surface area contributed by atoms with Gasteiger partial charge in [-0.25, -0.2) is 0 Å². The van der Waals surface area contributed by atoms with Crippen LogP contribution in [0.1, 0.15) is 12.8 Å². The first-order chi connectivity index (χ1) is 4.72. The van der Waals surface area contributed by atoms with E-state index in [2.05, 4.69) is 0 Å². The maximum absolute atomic E-state index is 10.7. The van der Waals surface area contributed by atoms with Gasteiger partial charge in [-0.3, -0.25) is 4.79 Å². The van der Waals surface area contributed by atoms with E-state index in [-0.39, 0.29) is 17.9 Å². The van der Waals surface area contributed by atoms with Gasteiger partial charge in [0.15, 0.2) is 0 Å². The number of allylic oxidation sites excluding steroid dienone is 1. The van der Waals surface area contributed by atoms with Gasteiger partial charge in [0.25, 0.3) is 0 Å². The molecule has 0 aromatic heterocycles. The van der Waals surface area contributed by atoms with Crippen LogP contribution in [0.3, 0.4) is 0 Å². The van der Waals surface area contributed by atoms with Crippen molar-refractivity contribution >= 4 is 5.91 Å². The number of rotatable bonds is 1. The van der Waals surface area contributed by atoms with E-state index in [4.69, 9.17) is 11.5 Å². The molecule has 0 aromatic rings. The molecular weight excluding hydrogens is 128 g/mol. The fraction of sp³-hybridized carbons (Fsp3) is 0.571. The SMILES string of the molecule is NC(=O)[C@@H]1CC=CC[C@@H]1N. The van der Waals surface area contributed by atoms with Gasteiger partial charge in [0.1, 0.15) is 0 Å². The van der Waals surface area contributed by atoms with Crippen LogP contribution in [0.5, 0.6) is 0 Å². The van der Waals surface area contributed by atoms with Gasteiger partial charge in [0, 0.05) is 6.04 Å². The van der Waals surface area contributed by atoms with E-state index < -0.39 is 0 Å². The minimum absolute atomic E-state index is 0.0671. The van der Waals surface area contributed by atoms with Crippen molar-refractivity contribution in [3.63, 3.8) is 0 Å². The van der Waals surface area contributed by atoms with Crippen molar-refractivity contribution in [2.45, 2.75) is 18.9 Å². The summed E-state index contributed by atoms with van der Waals surface area (Å²) in [5, 5.41) is 0. The molecule has 0 heterocycles. The third-order valence-corrected chi connectivity index (χ3v) is 1.85. The summed E-state index contributed by atoms with van der Waals surface area (Å²) in [7, 11) is 0. The quantitative estimate of drug-likeness (QED) is 0.494. The van der Waals surface area contributed by atoms with E-state index in [1.807, 2.05) is 12.2 Å². The zero-order valence-corrected chi connectivity index (χ0v) is 5.79. The monoisotopic (exact) mass is 140 g/mol. The molecule has 0 aliphatic heterocycles. The lowest BCUT2D eigenvalue weighted by molar-refractivity contribution is -0.122. The Balaban J connectivity index is 2.59. The van der Waals surface area contributed by atoms with E-state index in [0.29, 0.717) is 6.42 Å². The van der Waals surface area contributed by atoms with E-state index >= 15 is 0 Å². The van der Waals surface area contributed by atoms with E-state index in [1.165, 1.54) is 0 Å². The lowest BCUT2D eigenvalue weighted by atomic mass is 9.89. The van der Waals surface area contributed by atoms with Gasteiger partial charge in [-0.15, -0.1) is 0 Å². The molecule has 4 N–H and O–H groups in total. The summed E-state index contributed by atoms with van der Waals surface area (Å²) in [5.74, 6) is -0.429. The van der Waals surface area contributed by atoms with Crippen LogP contribution in [0, 0.1) is 5.92 Å². The Labute approximate surface area is 60.1 Å². The number of hydrogen-bond donors (Lipinski definition) is 2. The second-order valence-electron chi connectivity index (χ2n) is 2.62. The zero-order chi connectivity index (χ0) is 7.56. The van der Waals surface area contributed by atoms with Crippen LogP contribution in [-0.2, 0) is 4.79 Å². The molecule has 0 saturated heterocycles. The maximum atomic E-state index is 10.7. The summed E-state index contributed by atoms with van der Waals surface area (Å²) in [6.45, 7) is 0. The van der Waals surface area contributed by atoms with Crippen molar-refractivity contribution in [2.24, 2.45) is 17.4 Å². The summed E-state index contributed by atoms with van der Waals surface area (Å²) >= 11 is 0. The average molecular weight is 140 g/mol. The van der Waals surface area contributed by atoms with Gasteiger partial charge in [0.05, 0.1) is 5.92 Å². The number of hydrogen-bond acceptors (Lipinski definition) is 2. The Morgan fingerprint density at radius 3 is 2.40 bits per heavy atom. The second kappa shape index (κ2) is 2.84. The minimum atomic E-state index is -0.281. The largest absolute Gasteiger partial charge is 0.369 e. The predicted octanol–water partition coefficient (Wildman–Crippen LogP) is -0.235. The fourth-order valence-electron chi connectivity index (χ4n) is 1.16. The predicted molar refractivity (Wildman–Crippen MR) is 39.0 cm³/mol. The maximum Gasteiger partial charge on any atom is 0.222 e. The molecule has 2 atom stereocenters. The molecule has 0 saturated carbocycles. The second-order valence-corrected chi connectivity index (χ2v) is 2.62. The summed E-state index contributed by atoms with van der Waals surface area (Å²) in [6, 6.07) is -0.0671. The molecule has 10 heavy (non-hydrogen) atoms. The Hall–Kier alpha value is -0.830. The molecular formula is C7H12N2O. The molecule has 1 amide bonds. The molecule has 1 rings (SSSR count). The molecule has 56 valence electrons. The highest BCUT2D eigenvalue weighted by Gasteiger charge is 2.23. The lowest BCUT2D eigenvalue weighted by Gasteiger charge is -2.21. The van der Waals surface area contributed by atoms with Gasteiger partial charge < -0.3 is 11.5 Å². The van der Waals surface area contributed by atoms with Crippen LogP contribution in [0.15, 0.2) is 12.2 Å². The highest BCUT2D eigenvalue weighted by Crippen LogP contribution is 2.16. The molecule has 1 aliphatic rings. The summed E-state index contributed by atoms with van der Waals surface area (Å²) in [5.41, 5.74) is 10.7. The first kappa shape index (κ1) is 7.28. The van der Waals surface area contributed by atoms with Crippen LogP contribution >= 0.6 is 0 Å². The highest BCUT2D eigenvalue weighted by molar-refractivity contribution is 5.77. The van der Waals surface area contributed by atoms with Crippen molar-refractivity contribution in [1.29, 1.82) is 0 Å². The third kappa shape index (κ3) is 1.36. The third-order valence-electron chi connectivity index (χ3n) is 1.85. The van der Waals surface area contributed by atoms with Gasteiger partial charge in [-0.2, -0.15) is 0 Å². The van der Waals surface area contributed by atoms with Gasteiger partial charge in [-0.1, -0.05) is 12.2 Å². The molecule has 0 radical (unpaired) electrons. The molecule has 0 fully saturated rings. The Morgan fingerprint density at radius 1 is 1.40 bits per heavy atom. The summed E-state index contributed by atoms with van der Waals surface area (Å²) in [6.07, 6.45) is 5.42. The highest BCUT2D eigenvalue weighted by atomic mass is 16.1. The first-order valence-electron chi connectivity index (χ1n) is 3.41. The lowest BCUT2D eigenvalue weighted by Crippen LogP contribution is -2.39. The molecule has 1 aliphatic carbocycles. The van der Waals surface area contributed by atoms with Crippen molar-refractivity contribution in [1.82, 2.24) is 0 Å². The number of nitrogens with two attached hydrogens (primary N) is 2. The normalized spacial score (nSPS) is 32.1. The fourth-order valence-corrected chi connectivity index (χ4v) is 1.16. The van der Waals surface area contributed by atoms with Crippen molar-refractivity contribution in [2.75, 3.05) is 0 Å². The van der Waals surface area contributed by atoms with Crippen molar-refractivity contribution in [3.05, 3.63) is 12.2 Å². The minimum Gasteiger partial charge on any atom is -0.369 e. The van der Waals surface area contributed by atoms with E-state index in [0.717, 1.165) is 6.42 Å². The van der Waals surface area contributed by atoms with Crippen molar-refractivity contribution < 1.29 is 4.79 Å². The van der Waals surface area contributed by atoms with Gasteiger partial charge in [-0.05, 0) is 12.8 Å². The smallest absolute Gasteiger partial charge is 0.222 e. The van der Waals surface area contributed by atoms with Crippen LogP contribution in [-0.4, -0.2) is 11.9 Å². The van der Waals surface area contributed by atoms with Crippen LogP contribution in [0.25, 0.3) is 0 Å². The average Bonchev–Trinajstić information content (AvgIpc) is 1.88. The Bertz CT molecular complexity index is 165. The summed E-state index contributed by atoms with van der Waals surface area (Å²) in [4.78, 5) is 10.7. The van der Waals surface area contributed by atoms with E-state index in [9.17, 15) is 4.79 Å². The van der Waals surface area contributed by atoms with Gasteiger partial charge in [0.2, 0.25) is 5.91 Å². The van der Waals surface area contributed by atoms with Crippen LogP contribution < -0.4 is 11.5 Å². The number of carbonyl (C=O) groups is 1. The van der Waals surface area contributed by atoms with E-state index in [1.54, 1.807) is 0 Å². The number of amides is 1. The number of primary amides is 1. The van der Waals surface area contributed by atoms with Gasteiger partial charge >= 0.3 is 0 Å². The summed E-state index contributed by atoms with van der Waals surface area (Å²) < 4.78 is 0.